The van der Waals surface area contributed by atoms with E-state index in [4.69, 9.17) is 0 Å². The molecule has 4 aromatic rings. The minimum Gasteiger partial charge on any atom is -0.337 e. The molecule has 5 rings (SSSR count). The Labute approximate surface area is 208 Å². The van der Waals surface area contributed by atoms with E-state index in [0.717, 1.165) is 19.6 Å². The summed E-state index contributed by atoms with van der Waals surface area (Å²) in [6.45, 7) is 3.94. The van der Waals surface area contributed by atoms with Gasteiger partial charge >= 0.3 is 0 Å². The van der Waals surface area contributed by atoms with E-state index in [9.17, 15) is 4.79 Å². The smallest absolute Gasteiger partial charge is 0.223 e. The molecular formula is C32H32N2O. The van der Waals surface area contributed by atoms with Crippen LogP contribution in [0.4, 0.5) is 0 Å². The van der Waals surface area contributed by atoms with Crippen LogP contribution in [0.2, 0.25) is 0 Å². The van der Waals surface area contributed by atoms with Crippen LogP contribution in [0.3, 0.4) is 0 Å². The molecule has 1 aliphatic rings. The minimum atomic E-state index is 0.106. The number of amides is 1. The SMILES string of the molecule is O=C1CC(c2ccccc2)c2ccccc2CN1CCN(Cc1ccccc1)Cc1ccccc1. The van der Waals surface area contributed by atoms with Crippen LogP contribution in [0.1, 0.15) is 40.2 Å². The topological polar surface area (TPSA) is 23.6 Å². The Morgan fingerprint density at radius 3 is 1.86 bits per heavy atom. The maximum Gasteiger partial charge on any atom is 0.223 e. The Hall–Kier alpha value is -3.69. The average molecular weight is 461 g/mol. The lowest BCUT2D eigenvalue weighted by molar-refractivity contribution is -0.132. The van der Waals surface area contributed by atoms with E-state index in [1.807, 2.05) is 6.07 Å². The fraction of sp³-hybridized carbons (Fsp3) is 0.219. The highest BCUT2D eigenvalue weighted by Gasteiger charge is 2.28. The maximum absolute atomic E-state index is 13.5. The van der Waals surface area contributed by atoms with Crippen LogP contribution in [-0.2, 0) is 24.4 Å². The molecule has 3 heteroatoms. The second-order valence-corrected chi connectivity index (χ2v) is 9.36. The van der Waals surface area contributed by atoms with Gasteiger partial charge in [0.05, 0.1) is 0 Å². The van der Waals surface area contributed by atoms with Crippen LogP contribution in [0, 0.1) is 0 Å². The van der Waals surface area contributed by atoms with Gasteiger partial charge in [0.25, 0.3) is 0 Å². The molecule has 0 aliphatic carbocycles. The highest BCUT2D eigenvalue weighted by atomic mass is 16.2. The largest absolute Gasteiger partial charge is 0.337 e. The van der Waals surface area contributed by atoms with Gasteiger partial charge in [0.2, 0.25) is 5.91 Å². The van der Waals surface area contributed by atoms with Gasteiger partial charge in [-0.15, -0.1) is 0 Å². The maximum atomic E-state index is 13.5. The first-order chi connectivity index (χ1) is 17.3. The Balaban J connectivity index is 1.34. The predicted octanol–water partition coefficient (Wildman–Crippen LogP) is 6.25. The molecule has 4 aromatic carbocycles. The van der Waals surface area contributed by atoms with E-state index in [0.29, 0.717) is 19.5 Å². The quantitative estimate of drug-likeness (QED) is 0.310. The molecule has 35 heavy (non-hydrogen) atoms. The molecule has 0 aromatic heterocycles. The summed E-state index contributed by atoms with van der Waals surface area (Å²) in [4.78, 5) is 18.0. The van der Waals surface area contributed by atoms with Gasteiger partial charge < -0.3 is 4.90 Å². The standard InChI is InChI=1S/C32H32N2O/c35-32-22-31(28-16-8-3-9-17-28)30-19-11-10-18-29(30)25-34(32)21-20-33(23-26-12-4-1-5-13-26)24-27-14-6-2-7-15-27/h1-19,31H,20-25H2. The average Bonchev–Trinajstić information content (AvgIpc) is 3.05. The molecule has 0 bridgehead atoms. The number of carbonyl (C=O) groups excluding carboxylic acids is 1. The van der Waals surface area contributed by atoms with E-state index in [2.05, 4.69) is 119 Å². The van der Waals surface area contributed by atoms with Crippen LogP contribution in [0.25, 0.3) is 0 Å². The molecule has 1 heterocycles. The highest BCUT2D eigenvalue weighted by molar-refractivity contribution is 5.79. The van der Waals surface area contributed by atoms with Crippen molar-refractivity contribution in [2.45, 2.75) is 32.0 Å². The van der Waals surface area contributed by atoms with Crippen LogP contribution < -0.4 is 0 Å². The van der Waals surface area contributed by atoms with Crippen LogP contribution >= 0.6 is 0 Å². The predicted molar refractivity (Wildman–Crippen MR) is 142 cm³/mol. The minimum absolute atomic E-state index is 0.106. The van der Waals surface area contributed by atoms with Crippen molar-refractivity contribution in [2.75, 3.05) is 13.1 Å². The lowest BCUT2D eigenvalue weighted by Gasteiger charge is -2.27. The van der Waals surface area contributed by atoms with Gasteiger partial charge in [0.15, 0.2) is 0 Å². The van der Waals surface area contributed by atoms with Gasteiger partial charge in [0.1, 0.15) is 0 Å². The third-order valence-corrected chi connectivity index (χ3v) is 6.91. The van der Waals surface area contributed by atoms with Crippen LogP contribution in [0.5, 0.6) is 0 Å². The highest BCUT2D eigenvalue weighted by Crippen LogP contribution is 2.34. The zero-order valence-corrected chi connectivity index (χ0v) is 20.1. The Morgan fingerprint density at radius 1 is 0.686 bits per heavy atom. The summed E-state index contributed by atoms with van der Waals surface area (Å²) in [6.07, 6.45) is 0.512. The molecule has 176 valence electrons. The molecule has 1 amide bonds. The summed E-state index contributed by atoms with van der Waals surface area (Å²) in [5.74, 6) is 0.337. The summed E-state index contributed by atoms with van der Waals surface area (Å²) in [7, 11) is 0. The van der Waals surface area contributed by atoms with Crippen LogP contribution in [-0.4, -0.2) is 28.8 Å². The molecule has 1 atom stereocenters. The number of benzene rings is 4. The van der Waals surface area contributed by atoms with E-state index >= 15 is 0 Å². The lowest BCUT2D eigenvalue weighted by Crippen LogP contribution is -2.37. The first-order valence-electron chi connectivity index (χ1n) is 12.5. The first kappa shape index (κ1) is 23.1. The number of fused-ring (bicyclic) bond motifs is 1. The Morgan fingerprint density at radius 2 is 1.23 bits per heavy atom. The monoisotopic (exact) mass is 460 g/mol. The zero-order chi connectivity index (χ0) is 23.9. The molecule has 3 nitrogen and oxygen atoms in total. The lowest BCUT2D eigenvalue weighted by atomic mass is 9.86. The number of hydrogen-bond acceptors (Lipinski definition) is 2. The molecular weight excluding hydrogens is 428 g/mol. The first-order valence-corrected chi connectivity index (χ1v) is 12.5. The van der Waals surface area contributed by atoms with Gasteiger partial charge in [-0.05, 0) is 27.8 Å². The van der Waals surface area contributed by atoms with Crippen molar-refractivity contribution >= 4 is 5.91 Å². The van der Waals surface area contributed by atoms with Gasteiger partial charge in [0, 0.05) is 45.1 Å². The van der Waals surface area contributed by atoms with Crippen LogP contribution in [0.15, 0.2) is 115 Å². The van der Waals surface area contributed by atoms with E-state index in [-0.39, 0.29) is 11.8 Å². The van der Waals surface area contributed by atoms with Gasteiger partial charge in [-0.2, -0.15) is 0 Å². The number of hydrogen-bond donors (Lipinski definition) is 0. The number of rotatable bonds is 8. The Kier molecular flexibility index (Phi) is 7.35. The summed E-state index contributed by atoms with van der Waals surface area (Å²) >= 11 is 0. The second-order valence-electron chi connectivity index (χ2n) is 9.36. The van der Waals surface area contributed by atoms with E-state index < -0.39 is 0 Å². The summed E-state index contributed by atoms with van der Waals surface area (Å²) in [6, 6.07) is 40.2. The van der Waals surface area contributed by atoms with Crippen molar-refractivity contribution in [3.63, 3.8) is 0 Å². The normalized spacial score (nSPS) is 15.6. The van der Waals surface area contributed by atoms with Crippen molar-refractivity contribution in [1.29, 1.82) is 0 Å². The number of nitrogens with zero attached hydrogens (tertiary/aromatic N) is 2. The fourth-order valence-corrected chi connectivity index (χ4v) is 5.07. The fourth-order valence-electron chi connectivity index (χ4n) is 5.07. The summed E-state index contributed by atoms with van der Waals surface area (Å²) in [5, 5.41) is 0. The molecule has 0 fully saturated rings. The number of carbonyl (C=O) groups is 1. The Bertz CT molecular complexity index is 1180. The molecule has 1 aliphatic heterocycles. The van der Waals surface area contributed by atoms with Gasteiger partial charge in [-0.3, -0.25) is 9.69 Å². The van der Waals surface area contributed by atoms with Crippen molar-refractivity contribution in [1.82, 2.24) is 9.80 Å². The molecule has 0 spiro atoms. The van der Waals surface area contributed by atoms with Gasteiger partial charge in [-0.1, -0.05) is 115 Å². The molecule has 0 N–H and O–H groups in total. The summed E-state index contributed by atoms with van der Waals surface area (Å²) < 4.78 is 0. The molecule has 0 saturated carbocycles. The molecule has 0 saturated heterocycles. The third kappa shape index (κ3) is 5.87. The van der Waals surface area contributed by atoms with Gasteiger partial charge in [-0.25, -0.2) is 0 Å². The molecule has 0 radical (unpaired) electrons. The zero-order valence-electron chi connectivity index (χ0n) is 20.1. The van der Waals surface area contributed by atoms with E-state index in [1.54, 1.807) is 0 Å². The van der Waals surface area contributed by atoms with Crippen molar-refractivity contribution in [3.05, 3.63) is 143 Å². The van der Waals surface area contributed by atoms with Crippen molar-refractivity contribution in [2.24, 2.45) is 0 Å². The molecule has 1 unspecified atom stereocenters. The summed E-state index contributed by atoms with van der Waals surface area (Å²) in [5.41, 5.74) is 6.33. The second kappa shape index (κ2) is 11.2. The van der Waals surface area contributed by atoms with E-state index in [1.165, 1.54) is 27.8 Å². The van der Waals surface area contributed by atoms with Crippen molar-refractivity contribution in [3.8, 4) is 0 Å². The van der Waals surface area contributed by atoms with Crippen molar-refractivity contribution < 1.29 is 4.79 Å². The third-order valence-electron chi connectivity index (χ3n) is 6.91.